The number of nitrogens with zero attached hydrogens (tertiary/aromatic N) is 1. The van der Waals surface area contributed by atoms with Gasteiger partial charge in [-0.2, -0.15) is 0 Å². The van der Waals surface area contributed by atoms with Crippen LogP contribution in [0.3, 0.4) is 0 Å². The summed E-state index contributed by atoms with van der Waals surface area (Å²) in [5.74, 6) is 0. The van der Waals surface area contributed by atoms with Gasteiger partial charge in [0.25, 0.3) is 0 Å². The number of nitrogens with two attached hydrogens (primary N) is 1. The molecule has 0 fully saturated rings. The SMILES string of the molecule is CC(Cl)NCCC(CCO)N=CN. The molecule has 78 valence electrons. The first-order chi connectivity index (χ1) is 6.20. The second-order valence-electron chi connectivity index (χ2n) is 2.82. The van der Waals surface area contributed by atoms with Crippen molar-refractivity contribution in [1.29, 1.82) is 0 Å². The van der Waals surface area contributed by atoms with Gasteiger partial charge in [-0.25, -0.2) is 0 Å². The highest BCUT2D eigenvalue weighted by Crippen LogP contribution is 2.01. The van der Waals surface area contributed by atoms with E-state index in [4.69, 9.17) is 22.4 Å². The predicted molar refractivity (Wildman–Crippen MR) is 56.1 cm³/mol. The summed E-state index contributed by atoms with van der Waals surface area (Å²) in [5.41, 5.74) is 5.14. The van der Waals surface area contributed by atoms with Crippen LogP contribution in [0.2, 0.25) is 0 Å². The molecule has 0 aliphatic heterocycles. The maximum absolute atomic E-state index is 8.71. The molecule has 2 atom stereocenters. The zero-order chi connectivity index (χ0) is 10.1. The fourth-order valence-electron chi connectivity index (χ4n) is 1.01. The third-order valence-corrected chi connectivity index (χ3v) is 1.82. The van der Waals surface area contributed by atoms with Crippen LogP contribution in [0.5, 0.6) is 0 Å². The maximum atomic E-state index is 8.71. The number of halogens is 1. The van der Waals surface area contributed by atoms with E-state index in [1.807, 2.05) is 6.92 Å². The Morgan fingerprint density at radius 3 is 2.77 bits per heavy atom. The molecule has 0 aromatic rings. The Balaban J connectivity index is 3.56. The molecule has 0 spiro atoms. The monoisotopic (exact) mass is 207 g/mol. The van der Waals surface area contributed by atoms with Gasteiger partial charge in [0.05, 0.1) is 17.9 Å². The Labute approximate surface area is 84.2 Å². The van der Waals surface area contributed by atoms with Crippen molar-refractivity contribution in [2.45, 2.75) is 31.3 Å². The maximum Gasteiger partial charge on any atom is 0.0801 e. The normalized spacial score (nSPS) is 16.2. The van der Waals surface area contributed by atoms with Crippen molar-refractivity contribution in [1.82, 2.24) is 5.32 Å². The zero-order valence-electron chi connectivity index (χ0n) is 7.91. The number of nitrogens with one attached hydrogen (secondary N) is 1. The number of aliphatic hydroxyl groups is 1. The van der Waals surface area contributed by atoms with Crippen molar-refractivity contribution < 1.29 is 5.11 Å². The van der Waals surface area contributed by atoms with E-state index in [0.29, 0.717) is 6.42 Å². The van der Waals surface area contributed by atoms with Crippen molar-refractivity contribution in [3.05, 3.63) is 0 Å². The topological polar surface area (TPSA) is 70.6 Å². The summed E-state index contributed by atoms with van der Waals surface area (Å²) in [6, 6.07) is 0.0953. The van der Waals surface area contributed by atoms with Crippen molar-refractivity contribution >= 4 is 17.9 Å². The molecule has 0 bridgehead atoms. The summed E-state index contributed by atoms with van der Waals surface area (Å²) in [7, 11) is 0. The van der Waals surface area contributed by atoms with Gasteiger partial charge < -0.3 is 16.2 Å². The summed E-state index contributed by atoms with van der Waals surface area (Å²) in [4.78, 5) is 4.02. The lowest BCUT2D eigenvalue weighted by molar-refractivity contribution is 0.273. The number of rotatable bonds is 7. The first-order valence-electron chi connectivity index (χ1n) is 4.42. The predicted octanol–water partition coefficient (Wildman–Crippen LogP) is 0.289. The van der Waals surface area contributed by atoms with Crippen molar-refractivity contribution in [3.8, 4) is 0 Å². The number of aliphatic hydroxyl groups excluding tert-OH is 1. The van der Waals surface area contributed by atoms with Gasteiger partial charge in [0.1, 0.15) is 0 Å². The molecule has 2 unspecified atom stereocenters. The highest BCUT2D eigenvalue weighted by molar-refractivity contribution is 6.20. The fourth-order valence-corrected chi connectivity index (χ4v) is 1.12. The summed E-state index contributed by atoms with van der Waals surface area (Å²) < 4.78 is 0. The molecule has 0 aromatic heterocycles. The highest BCUT2D eigenvalue weighted by Gasteiger charge is 2.05. The largest absolute Gasteiger partial charge is 0.396 e. The molecular formula is C8H18ClN3O. The lowest BCUT2D eigenvalue weighted by Crippen LogP contribution is -2.25. The fraction of sp³-hybridized carbons (Fsp3) is 0.875. The van der Waals surface area contributed by atoms with Crippen LogP contribution in [-0.2, 0) is 0 Å². The second kappa shape index (κ2) is 8.29. The highest BCUT2D eigenvalue weighted by atomic mass is 35.5. The van der Waals surface area contributed by atoms with E-state index in [1.165, 1.54) is 6.34 Å². The van der Waals surface area contributed by atoms with E-state index >= 15 is 0 Å². The molecule has 5 heteroatoms. The van der Waals surface area contributed by atoms with Gasteiger partial charge in [0.15, 0.2) is 0 Å². The number of hydrogen-bond donors (Lipinski definition) is 3. The van der Waals surface area contributed by atoms with Crippen molar-refractivity contribution in [3.63, 3.8) is 0 Å². The van der Waals surface area contributed by atoms with Gasteiger partial charge in [-0.05, 0) is 26.3 Å². The number of hydrogen-bond acceptors (Lipinski definition) is 3. The van der Waals surface area contributed by atoms with Gasteiger partial charge in [-0.3, -0.25) is 4.99 Å². The third kappa shape index (κ3) is 8.02. The number of alkyl halides is 1. The molecular weight excluding hydrogens is 190 g/mol. The van der Waals surface area contributed by atoms with Gasteiger partial charge in [-0.1, -0.05) is 0 Å². The van der Waals surface area contributed by atoms with Gasteiger partial charge in [0, 0.05) is 6.61 Å². The van der Waals surface area contributed by atoms with E-state index < -0.39 is 0 Å². The Hall–Kier alpha value is -0.320. The Bertz CT molecular complexity index is 141. The Morgan fingerprint density at radius 2 is 2.31 bits per heavy atom. The quantitative estimate of drug-likeness (QED) is 0.243. The van der Waals surface area contributed by atoms with Crippen LogP contribution < -0.4 is 11.1 Å². The van der Waals surface area contributed by atoms with Crippen LogP contribution in [0.15, 0.2) is 4.99 Å². The minimum Gasteiger partial charge on any atom is -0.396 e. The molecule has 4 nitrogen and oxygen atoms in total. The minimum atomic E-state index is -0.0309. The van der Waals surface area contributed by atoms with E-state index in [0.717, 1.165) is 13.0 Å². The van der Waals surface area contributed by atoms with E-state index in [9.17, 15) is 0 Å². The molecule has 0 aliphatic carbocycles. The van der Waals surface area contributed by atoms with Crippen molar-refractivity contribution in [2.24, 2.45) is 10.7 Å². The molecule has 0 aromatic carbocycles. The molecule has 0 saturated carbocycles. The molecule has 4 N–H and O–H groups in total. The average Bonchev–Trinajstić information content (AvgIpc) is 2.04. The Morgan fingerprint density at radius 1 is 1.62 bits per heavy atom. The molecule has 0 aliphatic rings. The lowest BCUT2D eigenvalue weighted by Gasteiger charge is -2.11. The molecule has 0 rings (SSSR count). The molecule has 0 heterocycles. The lowest BCUT2D eigenvalue weighted by atomic mass is 10.1. The standard InChI is InChI=1S/C8H18ClN3O/c1-7(9)11-4-2-8(3-5-13)12-6-10/h6-8,11,13H,2-5H2,1H3,(H2,10,12). The summed E-state index contributed by atoms with van der Waals surface area (Å²) in [6.45, 7) is 2.79. The van der Waals surface area contributed by atoms with E-state index in [-0.39, 0.29) is 18.1 Å². The summed E-state index contributed by atoms with van der Waals surface area (Å²) in [5, 5.41) is 11.8. The Kier molecular flexibility index (Phi) is 8.08. The first kappa shape index (κ1) is 12.7. The zero-order valence-corrected chi connectivity index (χ0v) is 8.67. The van der Waals surface area contributed by atoms with Crippen LogP contribution in [0, 0.1) is 0 Å². The summed E-state index contributed by atoms with van der Waals surface area (Å²) >= 11 is 5.69. The van der Waals surface area contributed by atoms with Crippen molar-refractivity contribution in [2.75, 3.05) is 13.2 Å². The van der Waals surface area contributed by atoms with Crippen LogP contribution in [0.1, 0.15) is 19.8 Å². The van der Waals surface area contributed by atoms with Crippen LogP contribution >= 0.6 is 11.6 Å². The molecule has 0 radical (unpaired) electrons. The smallest absolute Gasteiger partial charge is 0.0801 e. The van der Waals surface area contributed by atoms with Gasteiger partial charge in [-0.15, -0.1) is 11.6 Å². The molecule has 0 amide bonds. The summed E-state index contributed by atoms with van der Waals surface area (Å²) in [6.07, 6.45) is 2.77. The van der Waals surface area contributed by atoms with E-state index in [1.54, 1.807) is 0 Å². The molecule has 0 saturated heterocycles. The van der Waals surface area contributed by atoms with Crippen LogP contribution in [-0.4, -0.2) is 36.1 Å². The van der Waals surface area contributed by atoms with Gasteiger partial charge >= 0.3 is 0 Å². The molecule has 13 heavy (non-hydrogen) atoms. The second-order valence-corrected chi connectivity index (χ2v) is 3.48. The van der Waals surface area contributed by atoms with E-state index in [2.05, 4.69) is 10.3 Å². The van der Waals surface area contributed by atoms with Crippen LogP contribution in [0.4, 0.5) is 0 Å². The number of aliphatic imine (C=N–C) groups is 1. The first-order valence-corrected chi connectivity index (χ1v) is 4.86. The van der Waals surface area contributed by atoms with Gasteiger partial charge in [0.2, 0.25) is 0 Å². The minimum absolute atomic E-state index is 0.0309. The third-order valence-electron chi connectivity index (χ3n) is 1.66. The van der Waals surface area contributed by atoms with Crippen LogP contribution in [0.25, 0.3) is 0 Å². The average molecular weight is 208 g/mol.